The monoisotopic (exact) mass is 214 g/mol. The maximum absolute atomic E-state index is 11.5. The van der Waals surface area contributed by atoms with E-state index in [9.17, 15) is 4.79 Å². The highest BCUT2D eigenvalue weighted by molar-refractivity contribution is 7.99. The minimum Gasteiger partial charge on any atom is -0.299 e. The van der Waals surface area contributed by atoms with E-state index >= 15 is 0 Å². The van der Waals surface area contributed by atoms with Crippen molar-refractivity contribution in [1.29, 1.82) is 0 Å². The van der Waals surface area contributed by atoms with E-state index in [1.165, 1.54) is 37.2 Å². The van der Waals surface area contributed by atoms with Gasteiger partial charge in [-0.2, -0.15) is 11.8 Å². The molecule has 1 nitrogen and oxygen atoms in total. The average Bonchev–Trinajstić information content (AvgIpc) is 2.20. The molecule has 1 aliphatic carbocycles. The number of hydrogen-bond donors (Lipinski definition) is 0. The fraction of sp³-hybridized carbons (Fsp3) is 0.917. The Bertz CT molecular complexity index is 168. The topological polar surface area (TPSA) is 17.1 Å². The van der Waals surface area contributed by atoms with Gasteiger partial charge in [0.15, 0.2) is 0 Å². The van der Waals surface area contributed by atoms with Gasteiger partial charge in [0.1, 0.15) is 5.78 Å². The quantitative estimate of drug-likeness (QED) is 0.628. The fourth-order valence-corrected chi connectivity index (χ4v) is 2.80. The van der Waals surface area contributed by atoms with Gasteiger partial charge in [-0.3, -0.25) is 4.79 Å². The lowest BCUT2D eigenvalue weighted by molar-refractivity contribution is -0.124. The van der Waals surface area contributed by atoms with Crippen molar-refractivity contribution >= 4 is 17.5 Å². The van der Waals surface area contributed by atoms with Gasteiger partial charge in [0, 0.05) is 12.3 Å². The molecule has 0 aromatic rings. The van der Waals surface area contributed by atoms with Gasteiger partial charge in [0.05, 0.1) is 0 Å². The molecule has 0 amide bonds. The Kier molecular flexibility index (Phi) is 6.33. The number of rotatable bonds is 6. The van der Waals surface area contributed by atoms with Crippen molar-refractivity contribution in [3.05, 3.63) is 0 Å². The highest BCUT2D eigenvalue weighted by Gasteiger charge is 2.20. The molecule has 1 saturated carbocycles. The second kappa shape index (κ2) is 7.33. The molecular formula is C12H22OS. The van der Waals surface area contributed by atoms with Crippen LogP contribution in [0.3, 0.4) is 0 Å². The SMILES string of the molecule is CCSCCCCC1CCCCC1=O. The van der Waals surface area contributed by atoms with Crippen LogP contribution in [0.1, 0.15) is 51.9 Å². The highest BCUT2D eigenvalue weighted by Crippen LogP contribution is 2.25. The number of ketones is 1. The Labute approximate surface area is 92.0 Å². The molecule has 2 heteroatoms. The summed E-state index contributed by atoms with van der Waals surface area (Å²) in [5.41, 5.74) is 0. The summed E-state index contributed by atoms with van der Waals surface area (Å²) in [5.74, 6) is 3.47. The third-order valence-electron chi connectivity index (χ3n) is 2.98. The molecule has 1 unspecified atom stereocenters. The average molecular weight is 214 g/mol. The van der Waals surface area contributed by atoms with Gasteiger partial charge in [-0.25, -0.2) is 0 Å². The van der Waals surface area contributed by atoms with Crippen LogP contribution >= 0.6 is 11.8 Å². The van der Waals surface area contributed by atoms with Crippen molar-refractivity contribution in [3.63, 3.8) is 0 Å². The lowest BCUT2D eigenvalue weighted by Gasteiger charge is -2.19. The molecule has 0 aromatic heterocycles. The first-order valence-corrected chi connectivity index (χ1v) is 7.10. The van der Waals surface area contributed by atoms with Crippen LogP contribution in [-0.2, 0) is 4.79 Å². The first-order chi connectivity index (χ1) is 6.84. The molecule has 1 fully saturated rings. The van der Waals surface area contributed by atoms with E-state index in [0.29, 0.717) is 11.7 Å². The summed E-state index contributed by atoms with van der Waals surface area (Å²) in [4.78, 5) is 11.5. The minimum atomic E-state index is 0.426. The first kappa shape index (κ1) is 12.1. The Hall–Kier alpha value is 0.0200. The van der Waals surface area contributed by atoms with Crippen LogP contribution in [0, 0.1) is 5.92 Å². The van der Waals surface area contributed by atoms with Crippen molar-refractivity contribution in [2.24, 2.45) is 5.92 Å². The molecule has 0 saturated heterocycles. The summed E-state index contributed by atoms with van der Waals surface area (Å²) < 4.78 is 0. The van der Waals surface area contributed by atoms with Crippen molar-refractivity contribution < 1.29 is 4.79 Å². The third-order valence-corrected chi connectivity index (χ3v) is 3.96. The number of unbranched alkanes of at least 4 members (excludes halogenated alkanes) is 1. The zero-order valence-electron chi connectivity index (χ0n) is 9.26. The molecule has 1 rings (SSSR count). The van der Waals surface area contributed by atoms with Gasteiger partial charge in [-0.1, -0.05) is 19.8 Å². The molecule has 0 spiro atoms. The normalized spacial score (nSPS) is 22.6. The van der Waals surface area contributed by atoms with Crippen molar-refractivity contribution in [1.82, 2.24) is 0 Å². The second-order valence-electron chi connectivity index (χ2n) is 4.10. The fourth-order valence-electron chi connectivity index (χ4n) is 2.10. The standard InChI is InChI=1S/C12H22OS/c1-2-14-10-6-5-8-11-7-3-4-9-12(11)13/h11H,2-10H2,1H3. The van der Waals surface area contributed by atoms with E-state index in [1.54, 1.807) is 0 Å². The van der Waals surface area contributed by atoms with Gasteiger partial charge in [-0.15, -0.1) is 0 Å². The Morgan fingerprint density at radius 2 is 2.21 bits per heavy atom. The summed E-state index contributed by atoms with van der Waals surface area (Å²) in [7, 11) is 0. The third kappa shape index (κ3) is 4.50. The summed E-state index contributed by atoms with van der Waals surface area (Å²) in [6, 6.07) is 0. The number of thioether (sulfide) groups is 1. The van der Waals surface area contributed by atoms with E-state index in [0.717, 1.165) is 19.3 Å². The van der Waals surface area contributed by atoms with Crippen LogP contribution in [0.25, 0.3) is 0 Å². The molecule has 0 N–H and O–H groups in total. The molecule has 82 valence electrons. The van der Waals surface area contributed by atoms with Crippen molar-refractivity contribution in [3.8, 4) is 0 Å². The molecule has 1 atom stereocenters. The number of hydrogen-bond acceptors (Lipinski definition) is 2. The summed E-state index contributed by atoms with van der Waals surface area (Å²) >= 11 is 2.01. The number of Topliss-reactive ketones (excluding diaryl/α,β-unsaturated/α-hetero) is 1. The van der Waals surface area contributed by atoms with Crippen molar-refractivity contribution in [2.75, 3.05) is 11.5 Å². The smallest absolute Gasteiger partial charge is 0.135 e. The van der Waals surface area contributed by atoms with Crippen LogP contribution in [0.5, 0.6) is 0 Å². The highest BCUT2D eigenvalue weighted by atomic mass is 32.2. The van der Waals surface area contributed by atoms with Crippen LogP contribution in [-0.4, -0.2) is 17.3 Å². The lowest BCUT2D eigenvalue weighted by Crippen LogP contribution is -2.18. The van der Waals surface area contributed by atoms with Gasteiger partial charge < -0.3 is 0 Å². The largest absolute Gasteiger partial charge is 0.299 e. The Morgan fingerprint density at radius 1 is 1.36 bits per heavy atom. The molecule has 1 aliphatic rings. The maximum Gasteiger partial charge on any atom is 0.135 e. The molecule has 0 radical (unpaired) electrons. The van der Waals surface area contributed by atoms with Gasteiger partial charge >= 0.3 is 0 Å². The molecule has 0 aromatic carbocycles. The first-order valence-electron chi connectivity index (χ1n) is 5.95. The Morgan fingerprint density at radius 3 is 2.93 bits per heavy atom. The van der Waals surface area contributed by atoms with Crippen molar-refractivity contribution in [2.45, 2.75) is 51.9 Å². The maximum atomic E-state index is 11.5. The van der Waals surface area contributed by atoms with Crippen LogP contribution < -0.4 is 0 Å². The minimum absolute atomic E-state index is 0.426. The number of carbonyl (C=O) groups is 1. The molecule has 0 heterocycles. The van der Waals surface area contributed by atoms with E-state index < -0.39 is 0 Å². The number of carbonyl (C=O) groups excluding carboxylic acids is 1. The summed E-state index contributed by atoms with van der Waals surface area (Å²) in [6.45, 7) is 2.20. The molecule has 14 heavy (non-hydrogen) atoms. The predicted molar refractivity (Wildman–Crippen MR) is 63.8 cm³/mol. The second-order valence-corrected chi connectivity index (χ2v) is 5.50. The van der Waals surface area contributed by atoms with E-state index in [4.69, 9.17) is 0 Å². The van der Waals surface area contributed by atoms with Gasteiger partial charge in [0.25, 0.3) is 0 Å². The summed E-state index contributed by atoms with van der Waals surface area (Å²) in [6.07, 6.45) is 8.14. The van der Waals surface area contributed by atoms with Crippen LogP contribution in [0.15, 0.2) is 0 Å². The van der Waals surface area contributed by atoms with E-state index in [-0.39, 0.29) is 0 Å². The predicted octanol–water partition coefficient (Wildman–Crippen LogP) is 3.67. The summed E-state index contributed by atoms with van der Waals surface area (Å²) in [5, 5.41) is 0. The van der Waals surface area contributed by atoms with Crippen LogP contribution in [0.2, 0.25) is 0 Å². The van der Waals surface area contributed by atoms with Gasteiger partial charge in [-0.05, 0) is 37.2 Å². The molecule has 0 aliphatic heterocycles. The zero-order chi connectivity index (χ0) is 10.2. The zero-order valence-corrected chi connectivity index (χ0v) is 10.1. The lowest BCUT2D eigenvalue weighted by atomic mass is 9.85. The van der Waals surface area contributed by atoms with E-state index in [1.807, 2.05) is 11.8 Å². The molecular weight excluding hydrogens is 192 g/mol. The van der Waals surface area contributed by atoms with Crippen LogP contribution in [0.4, 0.5) is 0 Å². The molecule has 0 bridgehead atoms. The Balaban J connectivity index is 2.02. The van der Waals surface area contributed by atoms with E-state index in [2.05, 4.69) is 6.92 Å². The van der Waals surface area contributed by atoms with Gasteiger partial charge in [0.2, 0.25) is 0 Å².